The Kier molecular flexibility index (Phi) is 5.15. The van der Waals surface area contributed by atoms with Crippen LogP contribution in [0.3, 0.4) is 0 Å². The van der Waals surface area contributed by atoms with Crippen LogP contribution in [0.1, 0.15) is 28.7 Å². The third kappa shape index (κ3) is 3.43. The maximum Gasteiger partial charge on any atom is 0.359 e. The van der Waals surface area contributed by atoms with E-state index in [1.807, 2.05) is 0 Å². The molecule has 0 atom stereocenters. The first-order chi connectivity index (χ1) is 7.69. The molecule has 0 aliphatic heterocycles. The van der Waals surface area contributed by atoms with Crippen LogP contribution in [0.5, 0.6) is 0 Å². The van der Waals surface area contributed by atoms with Gasteiger partial charge in [-0.25, -0.2) is 9.78 Å². The molecule has 1 rings (SSSR count). The summed E-state index contributed by atoms with van der Waals surface area (Å²) in [6.07, 6.45) is 0.656. The van der Waals surface area contributed by atoms with Crippen LogP contribution < -0.4 is 5.73 Å². The Bertz CT molecular complexity index is 432. The third-order valence-electron chi connectivity index (χ3n) is 1.55. The predicted octanol–water partition coefficient (Wildman–Crippen LogP) is 1.57. The largest absolute Gasteiger partial charge is 0.461 e. The molecule has 1 aromatic heterocycles. The molecule has 0 aromatic carbocycles. The average Bonchev–Trinajstić information content (AvgIpc) is 2.61. The number of aromatic nitrogens is 1. The molecule has 0 saturated heterocycles. The molecule has 86 valence electrons. The van der Waals surface area contributed by atoms with E-state index in [-0.39, 0.29) is 5.69 Å². The van der Waals surface area contributed by atoms with Crippen molar-refractivity contribution in [3.05, 3.63) is 10.6 Å². The number of anilines is 1. The minimum absolute atomic E-state index is 0.205. The van der Waals surface area contributed by atoms with Crippen LogP contribution in [0.15, 0.2) is 0 Å². The molecule has 0 aliphatic rings. The summed E-state index contributed by atoms with van der Waals surface area (Å²) in [7, 11) is 0. The number of nitrogen functional groups attached to an aromatic ring is 1. The zero-order chi connectivity index (χ0) is 12.0. The lowest BCUT2D eigenvalue weighted by Crippen LogP contribution is -2.06. The Hall–Kier alpha value is -1.19. The summed E-state index contributed by atoms with van der Waals surface area (Å²) in [5, 5.41) is 0.318. The Morgan fingerprint density at radius 2 is 2.44 bits per heavy atom. The number of carbonyl (C=O) groups excluding carboxylic acids is 1. The van der Waals surface area contributed by atoms with E-state index in [9.17, 15) is 4.79 Å². The van der Waals surface area contributed by atoms with Crippen molar-refractivity contribution in [1.29, 1.82) is 0 Å². The number of hydrogen-bond acceptors (Lipinski definition) is 6. The number of ether oxygens (including phenoxy) is 1. The van der Waals surface area contributed by atoms with E-state index in [4.69, 9.17) is 10.5 Å². The van der Waals surface area contributed by atoms with E-state index >= 15 is 0 Å². The second-order valence-electron chi connectivity index (χ2n) is 2.73. The van der Waals surface area contributed by atoms with Gasteiger partial charge in [0, 0.05) is 12.2 Å². The SMILES string of the molecule is CCOC(=O)c1nc(N)sc1C#CCCS. The van der Waals surface area contributed by atoms with Gasteiger partial charge in [-0.15, -0.1) is 0 Å². The van der Waals surface area contributed by atoms with E-state index in [0.29, 0.717) is 28.8 Å². The summed E-state index contributed by atoms with van der Waals surface area (Å²) in [5.74, 6) is 5.93. The Balaban J connectivity index is 2.92. The zero-order valence-corrected chi connectivity index (χ0v) is 10.5. The molecule has 6 heteroatoms. The molecule has 2 N–H and O–H groups in total. The fourth-order valence-electron chi connectivity index (χ4n) is 0.958. The van der Waals surface area contributed by atoms with Crippen LogP contribution >= 0.6 is 24.0 Å². The van der Waals surface area contributed by atoms with E-state index in [1.54, 1.807) is 6.92 Å². The van der Waals surface area contributed by atoms with Gasteiger partial charge in [0.2, 0.25) is 0 Å². The Morgan fingerprint density at radius 3 is 3.06 bits per heavy atom. The van der Waals surface area contributed by atoms with Gasteiger partial charge >= 0.3 is 5.97 Å². The molecular formula is C10H12N2O2S2. The number of carbonyl (C=O) groups is 1. The number of nitrogens with two attached hydrogens (primary N) is 1. The van der Waals surface area contributed by atoms with Crippen molar-refractivity contribution in [3.8, 4) is 11.8 Å². The number of thiazole rings is 1. The van der Waals surface area contributed by atoms with Gasteiger partial charge in [-0.3, -0.25) is 0 Å². The maximum atomic E-state index is 11.5. The molecule has 0 spiro atoms. The Morgan fingerprint density at radius 1 is 1.69 bits per heavy atom. The van der Waals surface area contributed by atoms with Crippen molar-refractivity contribution in [2.75, 3.05) is 18.1 Å². The molecular weight excluding hydrogens is 244 g/mol. The first kappa shape index (κ1) is 12.9. The molecule has 0 radical (unpaired) electrons. The third-order valence-corrected chi connectivity index (χ3v) is 2.57. The molecule has 0 saturated carbocycles. The molecule has 1 heterocycles. The first-order valence-corrected chi connectivity index (χ1v) is 6.17. The average molecular weight is 256 g/mol. The van der Waals surface area contributed by atoms with Gasteiger partial charge in [0.15, 0.2) is 10.8 Å². The van der Waals surface area contributed by atoms with Crippen molar-refractivity contribution < 1.29 is 9.53 Å². The smallest absolute Gasteiger partial charge is 0.359 e. The van der Waals surface area contributed by atoms with Crippen LogP contribution in [-0.2, 0) is 4.74 Å². The normalized spacial score (nSPS) is 9.38. The van der Waals surface area contributed by atoms with Crippen molar-refractivity contribution in [2.24, 2.45) is 0 Å². The minimum Gasteiger partial charge on any atom is -0.461 e. The zero-order valence-electron chi connectivity index (χ0n) is 8.82. The van der Waals surface area contributed by atoms with Gasteiger partial charge in [0.25, 0.3) is 0 Å². The maximum absolute atomic E-state index is 11.5. The molecule has 0 amide bonds. The second-order valence-corrected chi connectivity index (χ2v) is 4.20. The van der Waals surface area contributed by atoms with Crippen molar-refractivity contribution >= 4 is 35.1 Å². The van der Waals surface area contributed by atoms with E-state index < -0.39 is 5.97 Å². The van der Waals surface area contributed by atoms with Crippen LogP contribution in [-0.4, -0.2) is 23.3 Å². The highest BCUT2D eigenvalue weighted by molar-refractivity contribution is 7.80. The lowest BCUT2D eigenvalue weighted by atomic mass is 10.3. The van der Waals surface area contributed by atoms with Crippen molar-refractivity contribution in [2.45, 2.75) is 13.3 Å². The number of thiol groups is 1. The summed E-state index contributed by atoms with van der Waals surface area (Å²) in [6, 6.07) is 0. The number of rotatable bonds is 3. The van der Waals surface area contributed by atoms with Crippen LogP contribution in [0, 0.1) is 11.8 Å². The monoisotopic (exact) mass is 256 g/mol. The lowest BCUT2D eigenvalue weighted by molar-refractivity contribution is 0.0520. The van der Waals surface area contributed by atoms with Gasteiger partial charge in [-0.1, -0.05) is 23.2 Å². The lowest BCUT2D eigenvalue weighted by Gasteiger charge is -1.97. The van der Waals surface area contributed by atoms with E-state index in [1.165, 1.54) is 11.3 Å². The highest BCUT2D eigenvalue weighted by Crippen LogP contribution is 2.20. The van der Waals surface area contributed by atoms with Crippen molar-refractivity contribution in [3.63, 3.8) is 0 Å². The number of esters is 1. The summed E-state index contributed by atoms with van der Waals surface area (Å²) in [6.45, 7) is 2.04. The predicted molar refractivity (Wildman–Crippen MR) is 67.8 cm³/mol. The molecule has 0 unspecified atom stereocenters. The summed E-state index contributed by atoms with van der Waals surface area (Å²) < 4.78 is 4.86. The van der Waals surface area contributed by atoms with E-state index in [0.717, 1.165) is 0 Å². The van der Waals surface area contributed by atoms with Gasteiger partial charge < -0.3 is 10.5 Å². The standard InChI is InChI=1S/C10H12N2O2S2/c1-2-14-9(13)8-7(5-3-4-6-15)16-10(11)12-8/h15H,2,4,6H2,1H3,(H2,11,12). The molecule has 0 fully saturated rings. The quantitative estimate of drug-likeness (QED) is 0.489. The second kappa shape index (κ2) is 6.40. The van der Waals surface area contributed by atoms with Gasteiger partial charge in [-0.05, 0) is 6.92 Å². The Labute approximate surface area is 104 Å². The minimum atomic E-state index is -0.481. The van der Waals surface area contributed by atoms with Gasteiger partial charge in [0.1, 0.15) is 4.88 Å². The van der Waals surface area contributed by atoms with Crippen LogP contribution in [0.25, 0.3) is 0 Å². The summed E-state index contributed by atoms with van der Waals surface area (Å²) in [4.78, 5) is 16.0. The highest BCUT2D eigenvalue weighted by Gasteiger charge is 2.16. The van der Waals surface area contributed by atoms with Gasteiger partial charge in [-0.2, -0.15) is 12.6 Å². The molecule has 16 heavy (non-hydrogen) atoms. The number of hydrogen-bond donors (Lipinski definition) is 2. The topological polar surface area (TPSA) is 65.2 Å². The van der Waals surface area contributed by atoms with E-state index in [2.05, 4.69) is 29.5 Å². The first-order valence-electron chi connectivity index (χ1n) is 4.72. The molecule has 0 aliphatic carbocycles. The highest BCUT2D eigenvalue weighted by atomic mass is 32.1. The molecule has 4 nitrogen and oxygen atoms in total. The molecule has 0 bridgehead atoms. The van der Waals surface area contributed by atoms with Crippen LogP contribution in [0.4, 0.5) is 5.13 Å². The van der Waals surface area contributed by atoms with Gasteiger partial charge in [0.05, 0.1) is 6.61 Å². The fourth-order valence-corrected chi connectivity index (χ4v) is 1.76. The number of nitrogens with zero attached hydrogens (tertiary/aromatic N) is 1. The summed E-state index contributed by atoms with van der Waals surface area (Å²) in [5.41, 5.74) is 5.74. The summed E-state index contributed by atoms with van der Waals surface area (Å²) >= 11 is 5.23. The fraction of sp³-hybridized carbons (Fsp3) is 0.400. The van der Waals surface area contributed by atoms with Crippen molar-refractivity contribution in [1.82, 2.24) is 4.98 Å². The van der Waals surface area contributed by atoms with Crippen LogP contribution in [0.2, 0.25) is 0 Å². The molecule has 1 aromatic rings.